The first-order valence-corrected chi connectivity index (χ1v) is 4.25. The zero-order valence-corrected chi connectivity index (χ0v) is 7.74. The van der Waals surface area contributed by atoms with Crippen LogP contribution in [0.2, 0.25) is 0 Å². The maximum Gasteiger partial charge on any atom is 0.207 e. The largest absolute Gasteiger partial charge is 0.326 e. The van der Waals surface area contributed by atoms with Crippen LogP contribution in [0.1, 0.15) is 0 Å². The molecule has 0 atom stereocenters. The number of rotatable bonds is 2. The number of benzene rings is 1. The summed E-state index contributed by atoms with van der Waals surface area (Å²) in [5, 5.41) is 3.06. The number of hydrogen-bond acceptors (Lipinski definition) is 2. The van der Waals surface area contributed by atoms with Gasteiger partial charge in [0.05, 0.1) is 0 Å². The number of halogens is 1. The third-order valence-electron chi connectivity index (χ3n) is 1.92. The van der Waals surface area contributed by atoms with Crippen LogP contribution in [0.3, 0.4) is 0 Å². The van der Waals surface area contributed by atoms with Crippen molar-refractivity contribution in [3.63, 3.8) is 0 Å². The molecule has 0 aliphatic rings. The fraction of sp³-hybridized carbons (Fsp3) is 0.100. The SMILES string of the molecule is Cn1ccnc1Nc1ccc(F)cc1. The van der Waals surface area contributed by atoms with E-state index in [9.17, 15) is 4.39 Å². The molecular formula is C10H10FN3. The quantitative estimate of drug-likeness (QED) is 0.789. The summed E-state index contributed by atoms with van der Waals surface area (Å²) in [5.41, 5.74) is 0.820. The second-order valence-electron chi connectivity index (χ2n) is 2.99. The van der Waals surface area contributed by atoms with Crippen LogP contribution in [-0.4, -0.2) is 9.55 Å². The number of aromatic nitrogens is 2. The molecule has 1 aromatic carbocycles. The highest BCUT2D eigenvalue weighted by molar-refractivity contribution is 5.53. The van der Waals surface area contributed by atoms with Crippen LogP contribution in [0.5, 0.6) is 0 Å². The Morgan fingerprint density at radius 2 is 2.00 bits per heavy atom. The zero-order chi connectivity index (χ0) is 9.97. The molecule has 0 saturated carbocycles. The summed E-state index contributed by atoms with van der Waals surface area (Å²) in [7, 11) is 1.89. The number of imidazole rings is 1. The van der Waals surface area contributed by atoms with Crippen LogP contribution >= 0.6 is 0 Å². The van der Waals surface area contributed by atoms with Gasteiger partial charge in [0.1, 0.15) is 5.82 Å². The highest BCUT2D eigenvalue weighted by atomic mass is 19.1. The summed E-state index contributed by atoms with van der Waals surface area (Å²) in [6.45, 7) is 0. The molecule has 2 rings (SSSR count). The van der Waals surface area contributed by atoms with Gasteiger partial charge in [-0.25, -0.2) is 9.37 Å². The number of anilines is 2. The second-order valence-corrected chi connectivity index (χ2v) is 2.99. The summed E-state index contributed by atoms with van der Waals surface area (Å²) in [5.74, 6) is 0.493. The van der Waals surface area contributed by atoms with E-state index in [2.05, 4.69) is 10.3 Å². The Morgan fingerprint density at radius 1 is 1.29 bits per heavy atom. The molecule has 0 unspecified atom stereocenters. The first kappa shape index (κ1) is 8.74. The maximum absolute atomic E-state index is 12.6. The van der Waals surface area contributed by atoms with Crippen LogP contribution in [-0.2, 0) is 7.05 Å². The number of nitrogens with one attached hydrogen (secondary N) is 1. The molecule has 3 nitrogen and oxygen atoms in total. The molecule has 1 N–H and O–H groups in total. The van der Waals surface area contributed by atoms with Crippen molar-refractivity contribution in [1.29, 1.82) is 0 Å². The van der Waals surface area contributed by atoms with Gasteiger partial charge in [0, 0.05) is 25.1 Å². The van der Waals surface area contributed by atoms with E-state index in [-0.39, 0.29) is 5.82 Å². The fourth-order valence-corrected chi connectivity index (χ4v) is 1.15. The Bertz CT molecular complexity index is 419. The lowest BCUT2D eigenvalue weighted by Crippen LogP contribution is -1.98. The van der Waals surface area contributed by atoms with E-state index in [0.29, 0.717) is 0 Å². The van der Waals surface area contributed by atoms with Crippen molar-refractivity contribution in [3.05, 3.63) is 42.5 Å². The van der Waals surface area contributed by atoms with Gasteiger partial charge in [-0.05, 0) is 24.3 Å². The van der Waals surface area contributed by atoms with Crippen molar-refractivity contribution in [2.45, 2.75) is 0 Å². The van der Waals surface area contributed by atoms with E-state index in [1.807, 2.05) is 17.8 Å². The summed E-state index contributed by atoms with van der Waals surface area (Å²) in [6, 6.07) is 6.16. The first-order valence-electron chi connectivity index (χ1n) is 4.25. The van der Waals surface area contributed by atoms with E-state index in [0.717, 1.165) is 11.6 Å². The van der Waals surface area contributed by atoms with E-state index < -0.39 is 0 Å². The van der Waals surface area contributed by atoms with Crippen molar-refractivity contribution in [2.75, 3.05) is 5.32 Å². The monoisotopic (exact) mass is 191 g/mol. The Morgan fingerprint density at radius 3 is 2.57 bits per heavy atom. The molecule has 0 saturated heterocycles. The normalized spacial score (nSPS) is 10.1. The van der Waals surface area contributed by atoms with Gasteiger partial charge in [0.15, 0.2) is 0 Å². The van der Waals surface area contributed by atoms with Gasteiger partial charge in [-0.2, -0.15) is 0 Å². The fourth-order valence-electron chi connectivity index (χ4n) is 1.15. The van der Waals surface area contributed by atoms with Crippen LogP contribution < -0.4 is 5.32 Å². The molecular weight excluding hydrogens is 181 g/mol. The van der Waals surface area contributed by atoms with Crippen molar-refractivity contribution in [1.82, 2.24) is 9.55 Å². The standard InChI is InChI=1S/C10H10FN3/c1-14-7-6-12-10(14)13-9-4-2-8(11)3-5-9/h2-7H,1H3,(H,12,13). The maximum atomic E-state index is 12.6. The van der Waals surface area contributed by atoms with Gasteiger partial charge in [-0.3, -0.25) is 0 Å². The minimum absolute atomic E-state index is 0.240. The summed E-state index contributed by atoms with van der Waals surface area (Å²) in [4.78, 5) is 4.09. The summed E-state index contributed by atoms with van der Waals surface area (Å²) >= 11 is 0. The lowest BCUT2D eigenvalue weighted by molar-refractivity contribution is 0.628. The Hall–Kier alpha value is -1.84. The van der Waals surface area contributed by atoms with Gasteiger partial charge in [-0.15, -0.1) is 0 Å². The Labute approximate surface area is 81.2 Å². The molecule has 1 heterocycles. The van der Waals surface area contributed by atoms with Crippen molar-refractivity contribution >= 4 is 11.6 Å². The molecule has 14 heavy (non-hydrogen) atoms. The molecule has 0 aliphatic heterocycles. The van der Waals surface area contributed by atoms with E-state index in [4.69, 9.17) is 0 Å². The average Bonchev–Trinajstić information content (AvgIpc) is 2.56. The molecule has 0 spiro atoms. The predicted octanol–water partition coefficient (Wildman–Crippen LogP) is 2.30. The van der Waals surface area contributed by atoms with E-state index >= 15 is 0 Å². The molecule has 0 amide bonds. The molecule has 0 fully saturated rings. The minimum Gasteiger partial charge on any atom is -0.326 e. The number of hydrogen-bond donors (Lipinski definition) is 1. The lowest BCUT2D eigenvalue weighted by Gasteiger charge is -2.04. The molecule has 0 radical (unpaired) electrons. The smallest absolute Gasteiger partial charge is 0.207 e. The van der Waals surface area contributed by atoms with Gasteiger partial charge in [-0.1, -0.05) is 0 Å². The molecule has 0 bridgehead atoms. The minimum atomic E-state index is -0.240. The molecule has 4 heteroatoms. The third kappa shape index (κ3) is 1.74. The van der Waals surface area contributed by atoms with Crippen LogP contribution in [0.25, 0.3) is 0 Å². The first-order chi connectivity index (χ1) is 6.75. The van der Waals surface area contributed by atoms with Crippen LogP contribution in [0, 0.1) is 5.82 Å². The third-order valence-corrected chi connectivity index (χ3v) is 1.92. The van der Waals surface area contributed by atoms with Crippen molar-refractivity contribution < 1.29 is 4.39 Å². The zero-order valence-electron chi connectivity index (χ0n) is 7.74. The van der Waals surface area contributed by atoms with Gasteiger partial charge in [0.25, 0.3) is 0 Å². The molecule has 0 aliphatic carbocycles. The van der Waals surface area contributed by atoms with Gasteiger partial charge in [0.2, 0.25) is 5.95 Å². The highest BCUT2D eigenvalue weighted by Crippen LogP contribution is 2.13. The highest BCUT2D eigenvalue weighted by Gasteiger charge is 1.98. The Kier molecular flexibility index (Phi) is 2.18. The lowest BCUT2D eigenvalue weighted by atomic mass is 10.3. The Balaban J connectivity index is 2.19. The van der Waals surface area contributed by atoms with E-state index in [1.54, 1.807) is 18.3 Å². The number of aryl methyl sites for hydroxylation is 1. The van der Waals surface area contributed by atoms with Gasteiger partial charge >= 0.3 is 0 Å². The van der Waals surface area contributed by atoms with Gasteiger partial charge < -0.3 is 9.88 Å². The number of nitrogens with zero attached hydrogens (tertiary/aromatic N) is 2. The molecule has 1 aromatic heterocycles. The van der Waals surface area contributed by atoms with Crippen molar-refractivity contribution in [3.8, 4) is 0 Å². The van der Waals surface area contributed by atoms with Crippen molar-refractivity contribution in [2.24, 2.45) is 7.05 Å². The summed E-state index contributed by atoms with van der Waals surface area (Å²) < 4.78 is 14.4. The summed E-state index contributed by atoms with van der Waals surface area (Å²) in [6.07, 6.45) is 3.54. The van der Waals surface area contributed by atoms with Crippen LogP contribution in [0.4, 0.5) is 16.0 Å². The predicted molar refractivity (Wildman–Crippen MR) is 52.9 cm³/mol. The van der Waals surface area contributed by atoms with E-state index in [1.165, 1.54) is 12.1 Å². The molecule has 2 aromatic rings. The van der Waals surface area contributed by atoms with Crippen LogP contribution in [0.15, 0.2) is 36.7 Å². The molecule has 72 valence electrons. The second kappa shape index (κ2) is 3.49. The topological polar surface area (TPSA) is 29.9 Å². The average molecular weight is 191 g/mol.